The van der Waals surface area contributed by atoms with Crippen molar-refractivity contribution in [2.24, 2.45) is 0 Å². The number of aromatic nitrogens is 1. The second-order valence-corrected chi connectivity index (χ2v) is 6.77. The molecule has 2 N–H and O–H groups in total. The SMILES string of the molecule is Cc1ccc(C)c(-c2nc3c(Br)c(N)c(Br)c(C)c3o2)c1. The Balaban J connectivity index is 2.34. The van der Waals surface area contributed by atoms with Crippen molar-refractivity contribution in [2.45, 2.75) is 20.8 Å². The second kappa shape index (κ2) is 5.14. The molecule has 0 saturated heterocycles. The Kier molecular flexibility index (Phi) is 3.58. The molecule has 21 heavy (non-hydrogen) atoms. The number of hydrogen-bond acceptors (Lipinski definition) is 3. The van der Waals surface area contributed by atoms with Gasteiger partial charge in [0.15, 0.2) is 5.58 Å². The summed E-state index contributed by atoms with van der Waals surface area (Å²) >= 11 is 7.01. The van der Waals surface area contributed by atoms with Gasteiger partial charge >= 0.3 is 0 Å². The molecule has 0 fully saturated rings. The number of nitrogens with two attached hydrogens (primary N) is 1. The van der Waals surface area contributed by atoms with Gasteiger partial charge in [0.25, 0.3) is 0 Å². The Morgan fingerprint density at radius 2 is 1.81 bits per heavy atom. The number of benzene rings is 2. The Morgan fingerprint density at radius 1 is 1.10 bits per heavy atom. The maximum absolute atomic E-state index is 6.08. The maximum atomic E-state index is 6.08. The van der Waals surface area contributed by atoms with Gasteiger partial charge in [-0.05, 0) is 64.3 Å². The smallest absolute Gasteiger partial charge is 0.227 e. The minimum absolute atomic E-state index is 0.618. The number of anilines is 1. The first-order chi connectivity index (χ1) is 9.90. The zero-order chi connectivity index (χ0) is 15.3. The molecule has 0 aliphatic rings. The molecule has 0 atom stereocenters. The van der Waals surface area contributed by atoms with Gasteiger partial charge in [-0.1, -0.05) is 17.7 Å². The molecule has 3 nitrogen and oxygen atoms in total. The van der Waals surface area contributed by atoms with E-state index in [4.69, 9.17) is 10.2 Å². The number of fused-ring (bicyclic) bond motifs is 1. The molecule has 0 aliphatic heterocycles. The number of nitrogens with zero attached hydrogens (tertiary/aromatic N) is 1. The van der Waals surface area contributed by atoms with E-state index >= 15 is 0 Å². The molecule has 3 aromatic rings. The molecular weight excluding hydrogens is 396 g/mol. The Morgan fingerprint density at radius 3 is 2.52 bits per heavy atom. The molecule has 0 saturated carbocycles. The van der Waals surface area contributed by atoms with E-state index < -0.39 is 0 Å². The van der Waals surface area contributed by atoms with Crippen LogP contribution in [-0.4, -0.2) is 4.98 Å². The van der Waals surface area contributed by atoms with Crippen molar-refractivity contribution in [2.75, 3.05) is 5.73 Å². The molecule has 0 bridgehead atoms. The lowest BCUT2D eigenvalue weighted by Gasteiger charge is -2.05. The first-order valence-electron chi connectivity index (χ1n) is 6.51. The van der Waals surface area contributed by atoms with Crippen LogP contribution in [0.4, 0.5) is 5.69 Å². The Labute approximate surface area is 139 Å². The van der Waals surface area contributed by atoms with Gasteiger partial charge in [0, 0.05) is 15.6 Å². The molecule has 0 spiro atoms. The van der Waals surface area contributed by atoms with Crippen molar-refractivity contribution in [3.8, 4) is 11.5 Å². The monoisotopic (exact) mass is 408 g/mol. The minimum atomic E-state index is 0.618. The minimum Gasteiger partial charge on any atom is -0.436 e. The standard InChI is InChI=1S/C16H14Br2N2O/c1-7-4-5-8(2)10(6-7)16-20-14-12(18)13(19)11(17)9(3)15(14)21-16/h4-6H,19H2,1-3H3. The zero-order valence-corrected chi connectivity index (χ0v) is 15.1. The van der Waals surface area contributed by atoms with E-state index in [1.807, 2.05) is 6.92 Å². The van der Waals surface area contributed by atoms with Crippen molar-refractivity contribution >= 4 is 48.6 Å². The number of aryl methyl sites for hydroxylation is 3. The van der Waals surface area contributed by atoms with E-state index in [1.54, 1.807) is 0 Å². The van der Waals surface area contributed by atoms with E-state index in [-0.39, 0.29) is 0 Å². The van der Waals surface area contributed by atoms with E-state index in [1.165, 1.54) is 5.56 Å². The van der Waals surface area contributed by atoms with Crippen LogP contribution in [0.1, 0.15) is 16.7 Å². The summed E-state index contributed by atoms with van der Waals surface area (Å²) in [4.78, 5) is 4.63. The number of oxazole rings is 1. The molecule has 108 valence electrons. The first kappa shape index (κ1) is 14.6. The van der Waals surface area contributed by atoms with Crippen LogP contribution in [0.2, 0.25) is 0 Å². The summed E-state index contributed by atoms with van der Waals surface area (Å²) in [6, 6.07) is 6.24. The summed E-state index contributed by atoms with van der Waals surface area (Å²) in [6.07, 6.45) is 0. The van der Waals surface area contributed by atoms with Crippen molar-refractivity contribution in [3.05, 3.63) is 43.8 Å². The summed E-state index contributed by atoms with van der Waals surface area (Å²) in [5.41, 5.74) is 12.5. The van der Waals surface area contributed by atoms with Crippen LogP contribution in [0.25, 0.3) is 22.6 Å². The molecule has 2 aromatic carbocycles. The summed E-state index contributed by atoms with van der Waals surface area (Å²) in [5, 5.41) is 0. The highest BCUT2D eigenvalue weighted by molar-refractivity contribution is 9.11. The van der Waals surface area contributed by atoms with Crippen molar-refractivity contribution in [1.82, 2.24) is 4.98 Å². The predicted octanol–water partition coefficient (Wildman–Crippen LogP) is 5.53. The highest BCUT2D eigenvalue weighted by Gasteiger charge is 2.19. The second-order valence-electron chi connectivity index (χ2n) is 5.18. The highest BCUT2D eigenvalue weighted by Crippen LogP contribution is 2.40. The summed E-state index contributed by atoms with van der Waals surface area (Å²) < 4.78 is 7.61. The summed E-state index contributed by atoms with van der Waals surface area (Å²) in [5.74, 6) is 0.618. The third-order valence-corrected chi connectivity index (χ3v) is 5.43. The number of halogens is 2. The van der Waals surface area contributed by atoms with E-state index in [9.17, 15) is 0 Å². The van der Waals surface area contributed by atoms with E-state index in [2.05, 4.69) is 68.9 Å². The van der Waals surface area contributed by atoms with Gasteiger partial charge in [-0.25, -0.2) is 4.98 Å². The molecule has 0 unspecified atom stereocenters. The Bertz CT molecular complexity index is 824. The molecular formula is C16H14Br2N2O. The largest absolute Gasteiger partial charge is 0.436 e. The number of hydrogen-bond donors (Lipinski definition) is 1. The van der Waals surface area contributed by atoms with Crippen LogP contribution in [0, 0.1) is 20.8 Å². The molecule has 5 heteroatoms. The first-order valence-corrected chi connectivity index (χ1v) is 8.10. The van der Waals surface area contributed by atoms with Crippen LogP contribution in [-0.2, 0) is 0 Å². The van der Waals surface area contributed by atoms with Crippen LogP contribution < -0.4 is 5.73 Å². The Hall–Kier alpha value is -1.33. The van der Waals surface area contributed by atoms with Crippen LogP contribution in [0.3, 0.4) is 0 Å². The van der Waals surface area contributed by atoms with Gasteiger partial charge in [-0.2, -0.15) is 0 Å². The van der Waals surface area contributed by atoms with Crippen LogP contribution in [0.5, 0.6) is 0 Å². The van der Waals surface area contributed by atoms with Crippen molar-refractivity contribution in [3.63, 3.8) is 0 Å². The average Bonchev–Trinajstić information content (AvgIpc) is 2.90. The quantitative estimate of drug-likeness (QED) is 0.537. The fourth-order valence-electron chi connectivity index (χ4n) is 2.33. The lowest BCUT2D eigenvalue weighted by Crippen LogP contribution is -1.92. The predicted molar refractivity (Wildman–Crippen MR) is 93.5 cm³/mol. The van der Waals surface area contributed by atoms with E-state index in [0.29, 0.717) is 11.6 Å². The molecule has 0 amide bonds. The third-order valence-electron chi connectivity index (χ3n) is 3.60. The van der Waals surface area contributed by atoms with Gasteiger partial charge in [-0.15, -0.1) is 0 Å². The van der Waals surface area contributed by atoms with Gasteiger partial charge in [-0.3, -0.25) is 0 Å². The summed E-state index contributed by atoms with van der Waals surface area (Å²) in [6.45, 7) is 6.07. The molecule has 1 aromatic heterocycles. The highest BCUT2D eigenvalue weighted by atomic mass is 79.9. The van der Waals surface area contributed by atoms with Gasteiger partial charge in [0.2, 0.25) is 5.89 Å². The fourth-order valence-corrected chi connectivity index (χ4v) is 3.44. The average molecular weight is 410 g/mol. The third kappa shape index (κ3) is 2.28. The van der Waals surface area contributed by atoms with E-state index in [0.717, 1.165) is 36.7 Å². The van der Waals surface area contributed by atoms with Gasteiger partial charge < -0.3 is 10.2 Å². The molecule has 1 heterocycles. The van der Waals surface area contributed by atoms with Gasteiger partial charge in [0.1, 0.15) is 5.52 Å². The topological polar surface area (TPSA) is 52.0 Å². The van der Waals surface area contributed by atoms with Crippen LogP contribution >= 0.6 is 31.9 Å². The zero-order valence-electron chi connectivity index (χ0n) is 11.9. The molecule has 0 radical (unpaired) electrons. The van der Waals surface area contributed by atoms with Gasteiger partial charge in [0.05, 0.1) is 10.2 Å². The van der Waals surface area contributed by atoms with Crippen molar-refractivity contribution in [1.29, 1.82) is 0 Å². The lowest BCUT2D eigenvalue weighted by atomic mass is 10.1. The lowest BCUT2D eigenvalue weighted by molar-refractivity contribution is 0.616. The van der Waals surface area contributed by atoms with Crippen molar-refractivity contribution < 1.29 is 4.42 Å². The number of rotatable bonds is 1. The van der Waals surface area contributed by atoms with Crippen LogP contribution in [0.15, 0.2) is 31.6 Å². The maximum Gasteiger partial charge on any atom is 0.227 e. The fraction of sp³-hybridized carbons (Fsp3) is 0.188. The normalized spacial score (nSPS) is 11.3. The molecule has 3 rings (SSSR count). The molecule has 0 aliphatic carbocycles. The number of nitrogen functional groups attached to an aromatic ring is 1. The summed E-state index contributed by atoms with van der Waals surface area (Å²) in [7, 11) is 0.